The van der Waals surface area contributed by atoms with E-state index >= 15 is 0 Å². The Labute approximate surface area is 172 Å². The number of carbonyl (C=O) groups is 1. The van der Waals surface area contributed by atoms with Crippen LogP contribution in [0.4, 0.5) is 0 Å². The van der Waals surface area contributed by atoms with Crippen LogP contribution in [-0.2, 0) is 10.2 Å². The molecule has 2 saturated carbocycles. The summed E-state index contributed by atoms with van der Waals surface area (Å²) in [7, 11) is 1.84. The maximum Gasteiger partial charge on any atom is 0.234 e. The summed E-state index contributed by atoms with van der Waals surface area (Å²) in [5.74, 6) is 1.12. The largest absolute Gasteiger partial charge is 0.355 e. The number of carbonyl (C=O) groups excluding carboxylic acids is 1. The van der Waals surface area contributed by atoms with Gasteiger partial charge in [-0.25, -0.2) is 0 Å². The van der Waals surface area contributed by atoms with Crippen LogP contribution in [-0.4, -0.2) is 74.0 Å². The van der Waals surface area contributed by atoms with Gasteiger partial charge in [0, 0.05) is 56.3 Å². The maximum absolute atomic E-state index is 12.0. The van der Waals surface area contributed by atoms with Gasteiger partial charge in [0.15, 0.2) is 5.96 Å². The SMILES string of the molecule is CN=C(NCC1(c2cccc(Cl)c2)CC1)N1CCN(CC(=O)NC2CC2)CC1. The van der Waals surface area contributed by atoms with E-state index in [0.29, 0.717) is 12.6 Å². The third-order valence-electron chi connectivity index (χ3n) is 6.07. The molecule has 0 unspecified atom stereocenters. The predicted octanol–water partition coefficient (Wildman–Crippen LogP) is 1.84. The molecule has 1 aliphatic heterocycles. The Morgan fingerprint density at radius 1 is 1.25 bits per heavy atom. The summed E-state index contributed by atoms with van der Waals surface area (Å²) in [6.45, 7) is 4.94. The van der Waals surface area contributed by atoms with Gasteiger partial charge in [0.25, 0.3) is 0 Å². The van der Waals surface area contributed by atoms with Gasteiger partial charge >= 0.3 is 0 Å². The average molecular weight is 404 g/mol. The first kappa shape index (κ1) is 19.5. The molecule has 0 bridgehead atoms. The summed E-state index contributed by atoms with van der Waals surface area (Å²) < 4.78 is 0. The molecule has 4 rings (SSSR count). The molecule has 3 aliphatic rings. The van der Waals surface area contributed by atoms with Crippen molar-refractivity contribution in [2.24, 2.45) is 4.99 Å². The molecule has 1 heterocycles. The van der Waals surface area contributed by atoms with Crippen molar-refractivity contribution in [2.75, 3.05) is 46.3 Å². The summed E-state index contributed by atoms with van der Waals surface area (Å²) in [6.07, 6.45) is 4.64. The van der Waals surface area contributed by atoms with E-state index < -0.39 is 0 Å². The van der Waals surface area contributed by atoms with E-state index in [9.17, 15) is 4.79 Å². The van der Waals surface area contributed by atoms with Gasteiger partial charge < -0.3 is 15.5 Å². The van der Waals surface area contributed by atoms with E-state index in [2.05, 4.69) is 37.6 Å². The molecule has 0 atom stereocenters. The van der Waals surface area contributed by atoms with Gasteiger partial charge in [0.05, 0.1) is 6.54 Å². The highest BCUT2D eigenvalue weighted by molar-refractivity contribution is 6.30. The average Bonchev–Trinajstić information content (AvgIpc) is 3.60. The van der Waals surface area contributed by atoms with Crippen molar-refractivity contribution in [2.45, 2.75) is 37.1 Å². The van der Waals surface area contributed by atoms with Crippen LogP contribution in [0.25, 0.3) is 0 Å². The first-order valence-corrected chi connectivity index (χ1v) is 10.7. The third-order valence-corrected chi connectivity index (χ3v) is 6.30. The minimum absolute atomic E-state index is 0.163. The van der Waals surface area contributed by atoms with Crippen molar-refractivity contribution in [3.63, 3.8) is 0 Å². The summed E-state index contributed by atoms with van der Waals surface area (Å²) in [5.41, 5.74) is 1.50. The molecule has 1 aromatic carbocycles. The topological polar surface area (TPSA) is 60.0 Å². The standard InChI is InChI=1S/C21H30ClN5O/c1-23-20(24-15-21(7-8-21)16-3-2-4-17(22)13-16)27-11-9-26(10-12-27)14-19(28)25-18-5-6-18/h2-4,13,18H,5-12,14-15H2,1H3,(H,23,24)(H,25,28). The van der Waals surface area contributed by atoms with Crippen LogP contribution in [0.5, 0.6) is 0 Å². The molecule has 28 heavy (non-hydrogen) atoms. The zero-order valence-electron chi connectivity index (χ0n) is 16.6. The second-order valence-electron chi connectivity index (χ2n) is 8.30. The van der Waals surface area contributed by atoms with Gasteiger partial charge in [0.1, 0.15) is 0 Å². The predicted molar refractivity (Wildman–Crippen MR) is 113 cm³/mol. The van der Waals surface area contributed by atoms with E-state index in [1.54, 1.807) is 0 Å². The summed E-state index contributed by atoms with van der Waals surface area (Å²) in [5, 5.41) is 7.46. The fourth-order valence-electron chi connectivity index (χ4n) is 3.94. The molecule has 7 heteroatoms. The second-order valence-corrected chi connectivity index (χ2v) is 8.73. The van der Waals surface area contributed by atoms with Crippen LogP contribution >= 0.6 is 11.6 Å². The van der Waals surface area contributed by atoms with E-state index in [1.807, 2.05) is 19.2 Å². The van der Waals surface area contributed by atoms with E-state index in [4.69, 9.17) is 11.6 Å². The number of amides is 1. The lowest BCUT2D eigenvalue weighted by atomic mass is 9.96. The van der Waals surface area contributed by atoms with E-state index in [1.165, 1.54) is 18.4 Å². The number of aliphatic imine (C=N–C) groups is 1. The number of nitrogens with zero attached hydrogens (tertiary/aromatic N) is 3. The fourth-order valence-corrected chi connectivity index (χ4v) is 4.13. The lowest BCUT2D eigenvalue weighted by Gasteiger charge is -2.36. The molecule has 3 fully saturated rings. The van der Waals surface area contributed by atoms with Gasteiger partial charge in [-0.15, -0.1) is 0 Å². The Hall–Kier alpha value is -1.79. The Morgan fingerprint density at radius 3 is 2.61 bits per heavy atom. The molecule has 0 aromatic heterocycles. The minimum atomic E-state index is 0.163. The highest BCUT2D eigenvalue weighted by Gasteiger charge is 2.44. The number of halogens is 1. The van der Waals surface area contributed by atoms with Gasteiger partial charge in [-0.1, -0.05) is 23.7 Å². The molecule has 152 valence electrons. The van der Waals surface area contributed by atoms with Crippen LogP contribution in [0.1, 0.15) is 31.2 Å². The summed E-state index contributed by atoms with van der Waals surface area (Å²) in [4.78, 5) is 21.0. The van der Waals surface area contributed by atoms with Gasteiger partial charge in [-0.05, 0) is 43.4 Å². The van der Waals surface area contributed by atoms with Gasteiger partial charge in [0.2, 0.25) is 5.91 Å². The second kappa shape index (κ2) is 8.29. The molecular formula is C21H30ClN5O. The van der Waals surface area contributed by atoms with Crippen LogP contribution in [0, 0.1) is 0 Å². The highest BCUT2D eigenvalue weighted by Crippen LogP contribution is 2.48. The lowest BCUT2D eigenvalue weighted by Crippen LogP contribution is -2.54. The van der Waals surface area contributed by atoms with Crippen molar-refractivity contribution in [1.29, 1.82) is 0 Å². The summed E-state index contributed by atoms with van der Waals surface area (Å²) >= 11 is 6.19. The Balaban J connectivity index is 1.25. The minimum Gasteiger partial charge on any atom is -0.355 e. The Kier molecular flexibility index (Phi) is 5.78. The van der Waals surface area contributed by atoms with E-state index in [0.717, 1.165) is 56.5 Å². The third kappa shape index (κ3) is 4.78. The molecule has 0 radical (unpaired) electrons. The Bertz CT molecular complexity index is 736. The summed E-state index contributed by atoms with van der Waals surface area (Å²) in [6, 6.07) is 8.66. The zero-order valence-corrected chi connectivity index (χ0v) is 17.3. The molecule has 2 aliphatic carbocycles. The van der Waals surface area contributed by atoms with Crippen molar-refractivity contribution >= 4 is 23.5 Å². The lowest BCUT2D eigenvalue weighted by molar-refractivity contribution is -0.122. The Morgan fingerprint density at radius 2 is 2.00 bits per heavy atom. The van der Waals surface area contributed by atoms with Crippen molar-refractivity contribution in [3.05, 3.63) is 34.9 Å². The normalized spacial score (nSPS) is 22.1. The first-order valence-electron chi connectivity index (χ1n) is 10.3. The fraction of sp³-hybridized carbons (Fsp3) is 0.619. The first-order chi connectivity index (χ1) is 13.6. The number of benzene rings is 1. The number of guanidine groups is 1. The number of piperazine rings is 1. The number of rotatable bonds is 6. The molecule has 0 spiro atoms. The molecule has 1 amide bonds. The van der Waals surface area contributed by atoms with E-state index in [-0.39, 0.29) is 11.3 Å². The van der Waals surface area contributed by atoms with Gasteiger partial charge in [-0.2, -0.15) is 0 Å². The molecule has 1 saturated heterocycles. The van der Waals surface area contributed by atoms with Gasteiger partial charge in [-0.3, -0.25) is 14.7 Å². The maximum atomic E-state index is 12.0. The molecule has 2 N–H and O–H groups in total. The number of hydrogen-bond acceptors (Lipinski definition) is 3. The molecule has 1 aromatic rings. The van der Waals surface area contributed by atoms with Crippen LogP contribution in [0.15, 0.2) is 29.3 Å². The molecule has 6 nitrogen and oxygen atoms in total. The highest BCUT2D eigenvalue weighted by atomic mass is 35.5. The monoisotopic (exact) mass is 403 g/mol. The van der Waals surface area contributed by atoms with Crippen molar-refractivity contribution in [1.82, 2.24) is 20.4 Å². The van der Waals surface area contributed by atoms with Crippen molar-refractivity contribution in [3.8, 4) is 0 Å². The number of hydrogen-bond donors (Lipinski definition) is 2. The smallest absolute Gasteiger partial charge is 0.234 e. The number of nitrogens with one attached hydrogen (secondary N) is 2. The quantitative estimate of drug-likeness (QED) is 0.562. The zero-order chi connectivity index (χ0) is 19.6. The van der Waals surface area contributed by atoms with Crippen LogP contribution in [0.2, 0.25) is 5.02 Å². The molecular weight excluding hydrogens is 374 g/mol. The van der Waals surface area contributed by atoms with Crippen LogP contribution < -0.4 is 10.6 Å². The van der Waals surface area contributed by atoms with Crippen LogP contribution in [0.3, 0.4) is 0 Å². The van der Waals surface area contributed by atoms with Crippen molar-refractivity contribution < 1.29 is 4.79 Å².